The van der Waals surface area contributed by atoms with Gasteiger partial charge in [0, 0.05) is 18.3 Å². The van der Waals surface area contributed by atoms with Gasteiger partial charge in [-0.1, -0.05) is 0 Å². The first-order valence-electron chi connectivity index (χ1n) is 6.32. The van der Waals surface area contributed by atoms with Crippen LogP contribution in [0.3, 0.4) is 0 Å². The number of ketones is 1. The Morgan fingerprint density at radius 2 is 1.84 bits per heavy atom. The van der Waals surface area contributed by atoms with E-state index in [4.69, 9.17) is 4.74 Å². The van der Waals surface area contributed by atoms with Crippen LogP contribution < -0.4 is 0 Å². The van der Waals surface area contributed by atoms with Gasteiger partial charge in [0.25, 0.3) is 0 Å². The van der Waals surface area contributed by atoms with Crippen LogP contribution in [-0.4, -0.2) is 48.5 Å². The number of nitrogens with zero attached hydrogens (tertiary/aromatic N) is 2. The third kappa shape index (κ3) is 3.04. The molecule has 0 amide bonds. The van der Waals surface area contributed by atoms with E-state index in [1.54, 1.807) is 25.5 Å². The minimum atomic E-state index is -0.380. The molecule has 1 aromatic heterocycles. The normalized spacial score (nSPS) is 10.9. The molecule has 0 aromatic carbocycles. The van der Waals surface area contributed by atoms with E-state index in [1.165, 1.54) is 0 Å². The van der Waals surface area contributed by atoms with Crippen LogP contribution in [0.1, 0.15) is 39.0 Å². The average molecular weight is 266 g/mol. The van der Waals surface area contributed by atoms with Gasteiger partial charge in [-0.2, -0.15) is 0 Å². The molecule has 0 N–H and O–H groups in total. The molecular formula is C14H22N2O3. The summed E-state index contributed by atoms with van der Waals surface area (Å²) in [4.78, 5) is 26.0. The van der Waals surface area contributed by atoms with Crippen molar-refractivity contribution < 1.29 is 14.3 Å². The highest BCUT2D eigenvalue weighted by molar-refractivity contribution is 6.03. The fraction of sp³-hybridized carbons (Fsp3) is 0.571. The zero-order chi connectivity index (χ0) is 14.7. The third-order valence-electron chi connectivity index (χ3n) is 3.14. The Morgan fingerprint density at radius 3 is 2.32 bits per heavy atom. The maximum absolute atomic E-state index is 12.2. The maximum Gasteiger partial charge on any atom is 0.355 e. The molecule has 0 aliphatic carbocycles. The molecule has 1 rings (SSSR count). The largest absolute Gasteiger partial charge is 0.461 e. The summed E-state index contributed by atoms with van der Waals surface area (Å²) in [6.07, 6.45) is 0. The van der Waals surface area contributed by atoms with Gasteiger partial charge in [0.1, 0.15) is 5.69 Å². The molecule has 1 heterocycles. The summed E-state index contributed by atoms with van der Waals surface area (Å²) in [5.74, 6) is -0.361. The minimum absolute atomic E-state index is 0.0196. The number of likely N-dealkylation sites (N-methyl/N-ethyl adjacent to an activating group) is 1. The van der Waals surface area contributed by atoms with Crippen molar-refractivity contribution in [2.75, 3.05) is 27.2 Å². The van der Waals surface area contributed by atoms with E-state index in [9.17, 15) is 9.59 Å². The second-order valence-electron chi connectivity index (χ2n) is 4.87. The van der Waals surface area contributed by atoms with Crippen LogP contribution in [0.15, 0.2) is 0 Å². The fourth-order valence-corrected chi connectivity index (χ4v) is 2.24. The Balaban J connectivity index is 3.25. The van der Waals surface area contributed by atoms with Crippen molar-refractivity contribution in [3.8, 4) is 0 Å². The van der Waals surface area contributed by atoms with Gasteiger partial charge >= 0.3 is 5.97 Å². The van der Waals surface area contributed by atoms with E-state index in [2.05, 4.69) is 0 Å². The molecule has 0 unspecified atom stereocenters. The van der Waals surface area contributed by atoms with Crippen molar-refractivity contribution in [3.05, 3.63) is 22.5 Å². The van der Waals surface area contributed by atoms with Crippen molar-refractivity contribution in [2.45, 2.75) is 20.8 Å². The second kappa shape index (κ2) is 6.02. The number of carbonyl (C=O) groups is 2. The lowest BCUT2D eigenvalue weighted by Gasteiger charge is -2.09. The molecule has 0 aliphatic heterocycles. The van der Waals surface area contributed by atoms with Gasteiger partial charge in [-0.15, -0.1) is 0 Å². The van der Waals surface area contributed by atoms with Crippen LogP contribution in [-0.2, 0) is 11.8 Å². The molecule has 19 heavy (non-hydrogen) atoms. The van der Waals surface area contributed by atoms with Crippen LogP contribution in [0.4, 0.5) is 0 Å². The number of esters is 1. The lowest BCUT2D eigenvalue weighted by atomic mass is 10.1. The van der Waals surface area contributed by atoms with Gasteiger partial charge in [0.15, 0.2) is 5.78 Å². The van der Waals surface area contributed by atoms with Crippen LogP contribution >= 0.6 is 0 Å². The Kier molecular flexibility index (Phi) is 4.89. The van der Waals surface area contributed by atoms with Gasteiger partial charge in [0.05, 0.1) is 13.2 Å². The molecule has 106 valence electrons. The predicted octanol–water partition coefficient (Wildman–Crippen LogP) is 1.56. The number of aromatic nitrogens is 1. The topological polar surface area (TPSA) is 51.5 Å². The summed E-state index contributed by atoms with van der Waals surface area (Å²) < 4.78 is 6.77. The van der Waals surface area contributed by atoms with Crippen LogP contribution in [0.25, 0.3) is 0 Å². The van der Waals surface area contributed by atoms with Crippen LogP contribution in [0.2, 0.25) is 0 Å². The van der Waals surface area contributed by atoms with Crippen molar-refractivity contribution in [3.63, 3.8) is 0 Å². The molecule has 5 nitrogen and oxygen atoms in total. The highest BCUT2D eigenvalue weighted by Gasteiger charge is 2.25. The van der Waals surface area contributed by atoms with Crippen molar-refractivity contribution in [1.82, 2.24) is 9.47 Å². The highest BCUT2D eigenvalue weighted by Crippen LogP contribution is 2.22. The van der Waals surface area contributed by atoms with Crippen molar-refractivity contribution in [2.24, 2.45) is 7.05 Å². The fourth-order valence-electron chi connectivity index (χ4n) is 2.24. The number of ether oxygens (including phenoxy) is 1. The van der Waals surface area contributed by atoms with Gasteiger partial charge < -0.3 is 14.2 Å². The first-order chi connectivity index (χ1) is 8.81. The van der Waals surface area contributed by atoms with Gasteiger partial charge in [0.2, 0.25) is 0 Å². The molecule has 0 saturated heterocycles. The van der Waals surface area contributed by atoms with Gasteiger partial charge in [-0.3, -0.25) is 4.79 Å². The van der Waals surface area contributed by atoms with E-state index in [0.717, 1.165) is 5.69 Å². The molecule has 0 atom stereocenters. The highest BCUT2D eigenvalue weighted by atomic mass is 16.5. The monoisotopic (exact) mass is 266 g/mol. The second-order valence-corrected chi connectivity index (χ2v) is 4.87. The SMILES string of the molecule is CCOC(=O)c1c(C)c(C(=O)CN(C)C)c(C)n1C. The zero-order valence-corrected chi connectivity index (χ0v) is 12.5. The first kappa shape index (κ1) is 15.4. The first-order valence-corrected chi connectivity index (χ1v) is 6.32. The molecule has 0 aliphatic rings. The summed E-state index contributed by atoms with van der Waals surface area (Å²) in [5.41, 5.74) is 2.58. The molecule has 0 fully saturated rings. The van der Waals surface area contributed by atoms with Gasteiger partial charge in [-0.25, -0.2) is 4.79 Å². The van der Waals surface area contributed by atoms with E-state index in [1.807, 2.05) is 25.9 Å². The molecule has 0 spiro atoms. The smallest absolute Gasteiger partial charge is 0.355 e. The summed E-state index contributed by atoms with van der Waals surface area (Å²) in [6.45, 7) is 6.05. The molecule has 1 aromatic rings. The molecule has 0 bridgehead atoms. The number of hydrogen-bond donors (Lipinski definition) is 0. The minimum Gasteiger partial charge on any atom is -0.461 e. The summed E-state index contributed by atoms with van der Waals surface area (Å²) in [7, 11) is 5.47. The molecule has 5 heteroatoms. The van der Waals surface area contributed by atoms with Crippen LogP contribution in [0.5, 0.6) is 0 Å². The van der Waals surface area contributed by atoms with Crippen molar-refractivity contribution in [1.29, 1.82) is 0 Å². The van der Waals surface area contributed by atoms with E-state index in [-0.39, 0.29) is 11.8 Å². The number of rotatable bonds is 5. The Labute approximate surface area is 114 Å². The Bertz CT molecular complexity index is 501. The number of carbonyl (C=O) groups excluding carboxylic acids is 2. The predicted molar refractivity (Wildman–Crippen MR) is 73.7 cm³/mol. The summed E-state index contributed by atoms with van der Waals surface area (Å²) in [5, 5.41) is 0. The van der Waals surface area contributed by atoms with E-state index < -0.39 is 0 Å². The van der Waals surface area contributed by atoms with E-state index in [0.29, 0.717) is 30.0 Å². The lowest BCUT2D eigenvalue weighted by molar-refractivity contribution is 0.0514. The Morgan fingerprint density at radius 1 is 1.26 bits per heavy atom. The molecular weight excluding hydrogens is 244 g/mol. The number of hydrogen-bond acceptors (Lipinski definition) is 4. The molecule has 0 saturated carbocycles. The van der Waals surface area contributed by atoms with Crippen LogP contribution in [0, 0.1) is 13.8 Å². The summed E-state index contributed by atoms with van der Waals surface area (Å²) in [6, 6.07) is 0. The standard InChI is InChI=1S/C14H22N2O3/c1-7-19-14(18)13-9(2)12(10(3)16(13)6)11(17)8-15(4)5/h7-8H2,1-6H3. The zero-order valence-electron chi connectivity index (χ0n) is 12.5. The van der Waals surface area contributed by atoms with E-state index >= 15 is 0 Å². The lowest BCUT2D eigenvalue weighted by Crippen LogP contribution is -2.22. The van der Waals surface area contributed by atoms with Gasteiger partial charge in [-0.05, 0) is 40.4 Å². The number of Topliss-reactive ketones (excluding diaryl/α,β-unsaturated/α-hetero) is 1. The Hall–Kier alpha value is -1.62. The summed E-state index contributed by atoms with van der Waals surface area (Å²) >= 11 is 0. The average Bonchev–Trinajstić information content (AvgIpc) is 2.49. The maximum atomic E-state index is 12.2. The van der Waals surface area contributed by atoms with Crippen molar-refractivity contribution >= 4 is 11.8 Å². The quantitative estimate of drug-likeness (QED) is 0.599. The molecule has 0 radical (unpaired) electrons. The third-order valence-corrected chi connectivity index (χ3v) is 3.14.